The van der Waals surface area contributed by atoms with Gasteiger partial charge >= 0.3 is 0 Å². The van der Waals surface area contributed by atoms with Gasteiger partial charge in [-0.15, -0.1) is 0 Å². The number of aromatic nitrogens is 1. The Bertz CT molecular complexity index is 239. The minimum Gasteiger partial charge on any atom is -0.247 e. The Balaban J connectivity index is 3.09. The minimum atomic E-state index is -0.773. The first kappa shape index (κ1) is 7.84. The third kappa shape index (κ3) is 1.62. The fraction of sp³-hybridized carbons (Fsp3) is 0.167. The van der Waals surface area contributed by atoms with Gasteiger partial charge in [0.15, 0.2) is 0 Å². The van der Waals surface area contributed by atoms with Gasteiger partial charge in [-0.2, -0.15) is 0 Å². The Morgan fingerprint density at radius 1 is 1.60 bits per heavy atom. The molecular weight excluding hydrogens is 251 g/mol. The molecule has 54 valence electrons. The summed E-state index contributed by atoms with van der Waals surface area (Å²) in [7, 11) is 0. The zero-order valence-corrected chi connectivity index (χ0v) is 7.10. The zero-order valence-electron chi connectivity index (χ0n) is 4.94. The van der Waals surface area contributed by atoms with Gasteiger partial charge in [0.1, 0.15) is 16.2 Å². The average Bonchev–Trinajstić information content (AvgIpc) is 1.94. The predicted octanol–water partition coefficient (Wildman–Crippen LogP) is 2.29. The van der Waals surface area contributed by atoms with Crippen molar-refractivity contribution in [1.29, 1.82) is 0 Å². The molecule has 1 aromatic rings. The van der Waals surface area contributed by atoms with E-state index in [1.54, 1.807) is 0 Å². The molecule has 1 aromatic heterocycles. The van der Waals surface area contributed by atoms with E-state index >= 15 is 0 Å². The second-order valence-corrected chi connectivity index (χ2v) is 2.84. The third-order valence-electron chi connectivity index (χ3n) is 1.05. The lowest BCUT2D eigenvalue weighted by Crippen LogP contribution is -1.90. The van der Waals surface area contributed by atoms with E-state index in [2.05, 4.69) is 4.98 Å². The summed E-state index contributed by atoms with van der Waals surface area (Å²) in [4.78, 5) is 3.63. The van der Waals surface area contributed by atoms with Crippen molar-refractivity contribution in [2.45, 2.75) is 6.67 Å². The van der Waals surface area contributed by atoms with Crippen molar-refractivity contribution in [3.05, 3.63) is 27.3 Å². The molecule has 0 aliphatic rings. The molecule has 0 saturated carbocycles. The van der Waals surface area contributed by atoms with E-state index < -0.39 is 12.5 Å². The number of hydrogen-bond donors (Lipinski definition) is 0. The van der Waals surface area contributed by atoms with Crippen LogP contribution in [0.2, 0.25) is 0 Å². The summed E-state index contributed by atoms with van der Waals surface area (Å²) in [5.41, 5.74) is 0.0689. The SMILES string of the molecule is FCc1cc(I)ncc1F. The molecule has 0 aliphatic carbocycles. The van der Waals surface area contributed by atoms with Gasteiger partial charge in [0.05, 0.1) is 6.20 Å². The second kappa shape index (κ2) is 3.23. The van der Waals surface area contributed by atoms with Crippen LogP contribution in [-0.4, -0.2) is 4.98 Å². The number of halogens is 3. The van der Waals surface area contributed by atoms with Crippen molar-refractivity contribution in [3.8, 4) is 0 Å². The highest BCUT2D eigenvalue weighted by atomic mass is 127. The van der Waals surface area contributed by atoms with Gasteiger partial charge in [-0.25, -0.2) is 13.8 Å². The van der Waals surface area contributed by atoms with Gasteiger partial charge in [-0.05, 0) is 28.7 Å². The van der Waals surface area contributed by atoms with Crippen LogP contribution in [0.4, 0.5) is 8.78 Å². The van der Waals surface area contributed by atoms with Crippen LogP contribution in [0.15, 0.2) is 12.3 Å². The summed E-state index contributed by atoms with van der Waals surface area (Å²) in [6, 6.07) is 1.38. The van der Waals surface area contributed by atoms with Gasteiger partial charge < -0.3 is 0 Å². The Labute approximate surface area is 70.6 Å². The van der Waals surface area contributed by atoms with Crippen LogP contribution < -0.4 is 0 Å². The number of alkyl halides is 1. The lowest BCUT2D eigenvalue weighted by Gasteiger charge is -1.95. The summed E-state index contributed by atoms with van der Waals surface area (Å²) < 4.78 is 25.0. The van der Waals surface area contributed by atoms with E-state index in [0.717, 1.165) is 6.20 Å². The number of pyridine rings is 1. The highest BCUT2D eigenvalue weighted by molar-refractivity contribution is 14.1. The van der Waals surface area contributed by atoms with Crippen LogP contribution in [0.1, 0.15) is 5.56 Å². The van der Waals surface area contributed by atoms with E-state index in [1.807, 2.05) is 22.6 Å². The van der Waals surface area contributed by atoms with Crippen LogP contribution in [0.25, 0.3) is 0 Å². The van der Waals surface area contributed by atoms with Crippen LogP contribution >= 0.6 is 22.6 Å². The molecule has 1 rings (SSSR count). The average molecular weight is 255 g/mol. The lowest BCUT2D eigenvalue weighted by atomic mass is 10.3. The van der Waals surface area contributed by atoms with Crippen molar-refractivity contribution < 1.29 is 8.78 Å². The van der Waals surface area contributed by atoms with Crippen molar-refractivity contribution >= 4 is 22.6 Å². The number of nitrogens with zero attached hydrogens (tertiary/aromatic N) is 1. The van der Waals surface area contributed by atoms with Crippen LogP contribution in [-0.2, 0) is 6.67 Å². The minimum absolute atomic E-state index is 0.0689. The fourth-order valence-electron chi connectivity index (χ4n) is 0.554. The molecule has 4 heteroatoms. The van der Waals surface area contributed by atoms with Crippen LogP contribution in [0, 0.1) is 9.52 Å². The predicted molar refractivity (Wildman–Crippen MR) is 41.7 cm³/mol. The molecule has 0 spiro atoms. The molecule has 0 N–H and O–H groups in total. The van der Waals surface area contributed by atoms with E-state index in [4.69, 9.17) is 0 Å². The summed E-state index contributed by atoms with van der Waals surface area (Å²) in [6.07, 6.45) is 1.02. The van der Waals surface area contributed by atoms with Crippen molar-refractivity contribution in [2.75, 3.05) is 0 Å². The topological polar surface area (TPSA) is 12.9 Å². The standard InChI is InChI=1S/C6H4F2IN/c7-2-4-1-6(9)10-3-5(4)8/h1,3H,2H2. The molecule has 0 atom stereocenters. The molecule has 10 heavy (non-hydrogen) atoms. The Morgan fingerprint density at radius 3 is 2.80 bits per heavy atom. The molecule has 0 fully saturated rings. The van der Waals surface area contributed by atoms with Gasteiger partial charge in [0.25, 0.3) is 0 Å². The van der Waals surface area contributed by atoms with E-state index in [-0.39, 0.29) is 5.56 Å². The summed E-state index contributed by atoms with van der Waals surface area (Å²) >= 11 is 1.90. The van der Waals surface area contributed by atoms with Gasteiger partial charge in [-0.3, -0.25) is 0 Å². The maximum atomic E-state index is 12.5. The van der Waals surface area contributed by atoms with Crippen molar-refractivity contribution in [1.82, 2.24) is 4.98 Å². The molecule has 0 bridgehead atoms. The first-order valence-electron chi connectivity index (χ1n) is 2.60. The number of hydrogen-bond acceptors (Lipinski definition) is 1. The highest BCUT2D eigenvalue weighted by Crippen LogP contribution is 2.10. The molecule has 0 aromatic carbocycles. The first-order valence-corrected chi connectivity index (χ1v) is 3.68. The lowest BCUT2D eigenvalue weighted by molar-refractivity contribution is 0.462. The van der Waals surface area contributed by atoms with Crippen molar-refractivity contribution in [3.63, 3.8) is 0 Å². The van der Waals surface area contributed by atoms with Crippen LogP contribution in [0.5, 0.6) is 0 Å². The Hall–Kier alpha value is -0.260. The molecular formula is C6H4F2IN. The molecule has 1 nitrogen and oxygen atoms in total. The van der Waals surface area contributed by atoms with Crippen molar-refractivity contribution in [2.24, 2.45) is 0 Å². The second-order valence-electron chi connectivity index (χ2n) is 1.73. The largest absolute Gasteiger partial charge is 0.247 e. The summed E-state index contributed by atoms with van der Waals surface area (Å²) in [6.45, 7) is -0.773. The number of rotatable bonds is 1. The highest BCUT2D eigenvalue weighted by Gasteiger charge is 2.01. The molecule has 0 amide bonds. The monoisotopic (exact) mass is 255 g/mol. The van der Waals surface area contributed by atoms with E-state index in [1.165, 1.54) is 6.07 Å². The third-order valence-corrected chi connectivity index (χ3v) is 1.64. The maximum absolute atomic E-state index is 12.5. The van der Waals surface area contributed by atoms with Gasteiger partial charge in [0.2, 0.25) is 0 Å². The zero-order chi connectivity index (χ0) is 7.56. The maximum Gasteiger partial charge on any atom is 0.147 e. The Kier molecular flexibility index (Phi) is 2.53. The first-order chi connectivity index (χ1) is 4.74. The van der Waals surface area contributed by atoms with Crippen LogP contribution in [0.3, 0.4) is 0 Å². The molecule has 0 unspecified atom stereocenters. The van der Waals surface area contributed by atoms with Gasteiger partial charge in [-0.1, -0.05) is 0 Å². The Morgan fingerprint density at radius 2 is 2.30 bits per heavy atom. The smallest absolute Gasteiger partial charge is 0.147 e. The molecule has 1 heterocycles. The van der Waals surface area contributed by atoms with Gasteiger partial charge in [0, 0.05) is 5.56 Å². The fourth-order valence-corrected chi connectivity index (χ4v) is 1.07. The van der Waals surface area contributed by atoms with E-state index in [0.29, 0.717) is 3.70 Å². The molecule has 0 radical (unpaired) electrons. The van der Waals surface area contributed by atoms with E-state index in [9.17, 15) is 8.78 Å². The molecule has 0 aliphatic heterocycles. The summed E-state index contributed by atoms with van der Waals surface area (Å²) in [5, 5.41) is 0. The normalized spacial score (nSPS) is 9.90. The molecule has 0 saturated heterocycles. The summed E-state index contributed by atoms with van der Waals surface area (Å²) in [5.74, 6) is -0.581. The quantitative estimate of drug-likeness (QED) is 0.554.